The lowest BCUT2D eigenvalue weighted by Crippen LogP contribution is -2.36. The summed E-state index contributed by atoms with van der Waals surface area (Å²) < 4.78 is 5.89. The highest BCUT2D eigenvalue weighted by Gasteiger charge is 2.22. The van der Waals surface area contributed by atoms with E-state index in [0.717, 1.165) is 12.5 Å². The van der Waals surface area contributed by atoms with Gasteiger partial charge in [0.05, 0.1) is 6.10 Å². The molecule has 0 atom stereocenters. The zero-order chi connectivity index (χ0) is 14.1. The Bertz CT molecular complexity index is 212. The number of hydrogen-bond donors (Lipinski definition) is 1. The van der Waals surface area contributed by atoms with Crippen LogP contribution in [0.4, 0.5) is 0 Å². The second-order valence-electron chi connectivity index (χ2n) is 6.42. The van der Waals surface area contributed by atoms with E-state index in [1.165, 1.54) is 58.2 Å². The lowest BCUT2D eigenvalue weighted by molar-refractivity contribution is -0.0258. The molecule has 3 nitrogen and oxygen atoms in total. The average Bonchev–Trinajstić information content (AvgIpc) is 2.29. The Morgan fingerprint density at radius 1 is 1.21 bits per heavy atom. The molecule has 1 saturated heterocycles. The van der Waals surface area contributed by atoms with Crippen molar-refractivity contribution in [3.63, 3.8) is 0 Å². The molecule has 2 fully saturated rings. The highest BCUT2D eigenvalue weighted by atomic mass is 16.5. The van der Waals surface area contributed by atoms with E-state index in [1.54, 1.807) is 0 Å². The molecule has 0 spiro atoms. The number of likely N-dealkylation sites (tertiary alicyclic amines) is 1. The van der Waals surface area contributed by atoms with Crippen molar-refractivity contribution in [1.82, 2.24) is 4.90 Å². The van der Waals surface area contributed by atoms with E-state index in [2.05, 4.69) is 11.8 Å². The molecule has 2 N–H and O–H groups in total. The molecule has 2 aliphatic rings. The predicted octanol–water partition coefficient (Wildman–Crippen LogP) is 3.28. The Morgan fingerprint density at radius 2 is 1.79 bits per heavy atom. The molecule has 0 radical (unpaired) electrons. The molecule has 0 unspecified atom stereocenters. The van der Waals surface area contributed by atoms with E-state index < -0.39 is 0 Å². The van der Waals surface area contributed by atoms with Gasteiger partial charge in [-0.25, -0.2) is 0 Å². The van der Waals surface area contributed by atoms with Gasteiger partial charge in [-0.05, 0) is 70.1 Å². The number of nitrogens with zero attached hydrogens (tertiary/aromatic N) is 1. The van der Waals surface area contributed by atoms with Crippen molar-refractivity contribution in [1.29, 1.82) is 0 Å². The first-order valence-corrected chi connectivity index (χ1v) is 8.21. The van der Waals surface area contributed by atoms with Crippen LogP contribution in [-0.2, 0) is 4.74 Å². The molecule has 0 bridgehead atoms. The number of ether oxygens (including phenoxy) is 1. The van der Waals surface area contributed by atoms with Crippen LogP contribution in [0.2, 0.25) is 0 Å². The Labute approximate surface area is 121 Å². The number of hydrogen-bond acceptors (Lipinski definition) is 3. The Balaban J connectivity index is 0.000000644. The third-order valence-corrected chi connectivity index (χ3v) is 3.87. The largest absolute Gasteiger partial charge is 0.378 e. The van der Waals surface area contributed by atoms with E-state index in [1.807, 2.05) is 13.8 Å². The molecule has 0 aromatic heterocycles. The van der Waals surface area contributed by atoms with Gasteiger partial charge in [0.15, 0.2) is 0 Å². The normalized spacial score (nSPS) is 21.9. The average molecular weight is 272 g/mol. The number of rotatable bonds is 5. The molecule has 1 saturated carbocycles. The van der Waals surface area contributed by atoms with Crippen molar-refractivity contribution in [2.75, 3.05) is 26.2 Å². The standard InChI is InChI=1S/C13H25NO.C3H9N.H2/c1-2-8-14-9-6-12(7-10-14)11-15-13-4-3-5-13;1-3(2)4;/h12-13H,2-11H2,1H3;3H,4H2,1-2H3;1H. The van der Waals surface area contributed by atoms with Crippen molar-refractivity contribution >= 4 is 0 Å². The molecule has 3 heteroatoms. The summed E-state index contributed by atoms with van der Waals surface area (Å²) in [5, 5.41) is 0. The number of piperidine rings is 1. The first-order valence-electron chi connectivity index (χ1n) is 8.21. The van der Waals surface area contributed by atoms with Crippen molar-refractivity contribution in [3.05, 3.63) is 0 Å². The molecule has 1 aliphatic heterocycles. The summed E-state index contributed by atoms with van der Waals surface area (Å²) in [4.78, 5) is 2.60. The number of nitrogens with two attached hydrogens (primary N) is 1. The van der Waals surface area contributed by atoms with E-state index in [9.17, 15) is 0 Å². The maximum Gasteiger partial charge on any atom is 0.0575 e. The van der Waals surface area contributed by atoms with E-state index in [0.29, 0.717) is 12.1 Å². The van der Waals surface area contributed by atoms with Crippen molar-refractivity contribution in [2.45, 2.75) is 71.4 Å². The summed E-state index contributed by atoms with van der Waals surface area (Å²) >= 11 is 0. The highest BCUT2D eigenvalue weighted by Crippen LogP contribution is 2.24. The molecule has 19 heavy (non-hydrogen) atoms. The molecule has 0 amide bonds. The smallest absolute Gasteiger partial charge is 0.0575 e. The van der Waals surface area contributed by atoms with Crippen LogP contribution in [0.25, 0.3) is 0 Å². The SMILES string of the molecule is CC(C)N.CCCN1CCC(COC2CCC2)CC1.[HH]. The fraction of sp³-hybridized carbons (Fsp3) is 1.00. The van der Waals surface area contributed by atoms with Gasteiger partial charge >= 0.3 is 0 Å². The van der Waals surface area contributed by atoms with Gasteiger partial charge < -0.3 is 15.4 Å². The molecular formula is C16H36N2O. The van der Waals surface area contributed by atoms with E-state index in [-0.39, 0.29) is 1.43 Å². The van der Waals surface area contributed by atoms with Crippen LogP contribution in [0.3, 0.4) is 0 Å². The van der Waals surface area contributed by atoms with Crippen LogP contribution in [0, 0.1) is 5.92 Å². The van der Waals surface area contributed by atoms with Gasteiger partial charge in [-0.3, -0.25) is 0 Å². The summed E-state index contributed by atoms with van der Waals surface area (Å²) in [5.41, 5.74) is 5.11. The predicted molar refractivity (Wildman–Crippen MR) is 84.5 cm³/mol. The quantitative estimate of drug-likeness (QED) is 0.835. The minimum absolute atomic E-state index is 0. The van der Waals surface area contributed by atoms with Gasteiger partial charge in [-0.15, -0.1) is 0 Å². The van der Waals surface area contributed by atoms with Crippen LogP contribution in [0.5, 0.6) is 0 Å². The van der Waals surface area contributed by atoms with Crippen molar-refractivity contribution in [3.8, 4) is 0 Å². The molecule has 2 rings (SSSR count). The zero-order valence-corrected chi connectivity index (χ0v) is 13.2. The second-order valence-corrected chi connectivity index (χ2v) is 6.42. The summed E-state index contributed by atoms with van der Waals surface area (Å²) in [5.74, 6) is 0.846. The van der Waals surface area contributed by atoms with Crippen LogP contribution < -0.4 is 5.73 Å². The molecule has 1 aliphatic carbocycles. The Hall–Kier alpha value is -0.120. The molecule has 0 aromatic rings. The van der Waals surface area contributed by atoms with Crippen LogP contribution in [0.15, 0.2) is 0 Å². The second kappa shape index (κ2) is 9.73. The van der Waals surface area contributed by atoms with Crippen molar-refractivity contribution in [2.24, 2.45) is 11.7 Å². The van der Waals surface area contributed by atoms with Gasteiger partial charge in [0.25, 0.3) is 0 Å². The first kappa shape index (κ1) is 16.9. The minimum Gasteiger partial charge on any atom is -0.378 e. The van der Waals surface area contributed by atoms with E-state index in [4.69, 9.17) is 10.5 Å². The molecule has 0 aromatic carbocycles. The van der Waals surface area contributed by atoms with E-state index >= 15 is 0 Å². The van der Waals surface area contributed by atoms with Gasteiger partial charge in [0.2, 0.25) is 0 Å². The molecule has 1 heterocycles. The third kappa shape index (κ3) is 7.91. The third-order valence-electron chi connectivity index (χ3n) is 3.87. The van der Waals surface area contributed by atoms with Crippen LogP contribution in [-0.4, -0.2) is 43.3 Å². The fourth-order valence-corrected chi connectivity index (χ4v) is 2.50. The lowest BCUT2D eigenvalue weighted by Gasteiger charge is -2.33. The van der Waals surface area contributed by atoms with Gasteiger partial charge in [-0.1, -0.05) is 20.8 Å². The maximum atomic E-state index is 5.89. The van der Waals surface area contributed by atoms with Gasteiger partial charge in [0.1, 0.15) is 0 Å². The van der Waals surface area contributed by atoms with Gasteiger partial charge in [0, 0.05) is 8.03 Å². The topological polar surface area (TPSA) is 38.5 Å². The highest BCUT2D eigenvalue weighted by molar-refractivity contribution is 4.74. The summed E-state index contributed by atoms with van der Waals surface area (Å²) in [6.45, 7) is 11.1. The zero-order valence-electron chi connectivity index (χ0n) is 13.2. The summed E-state index contributed by atoms with van der Waals surface area (Å²) in [6.07, 6.45) is 8.64. The molecule has 116 valence electrons. The minimum atomic E-state index is 0. The summed E-state index contributed by atoms with van der Waals surface area (Å²) in [6, 6.07) is 0.333. The van der Waals surface area contributed by atoms with Crippen molar-refractivity contribution < 1.29 is 6.16 Å². The summed E-state index contributed by atoms with van der Waals surface area (Å²) in [7, 11) is 0. The maximum absolute atomic E-state index is 5.89. The Morgan fingerprint density at radius 3 is 2.21 bits per heavy atom. The van der Waals surface area contributed by atoms with Crippen LogP contribution >= 0.6 is 0 Å². The lowest BCUT2D eigenvalue weighted by atomic mass is 9.94. The fourth-order valence-electron chi connectivity index (χ4n) is 2.50. The monoisotopic (exact) mass is 272 g/mol. The first-order chi connectivity index (χ1) is 9.11. The Kier molecular flexibility index (Phi) is 8.67. The molecular weight excluding hydrogens is 236 g/mol. The van der Waals surface area contributed by atoms with Gasteiger partial charge in [-0.2, -0.15) is 0 Å². The van der Waals surface area contributed by atoms with Crippen LogP contribution in [0.1, 0.15) is 60.7 Å².